The van der Waals surface area contributed by atoms with E-state index in [1.807, 2.05) is 36.4 Å². The van der Waals surface area contributed by atoms with Crippen LogP contribution in [0.15, 0.2) is 85.2 Å². The van der Waals surface area contributed by atoms with Crippen molar-refractivity contribution < 1.29 is 43.9 Å². The van der Waals surface area contributed by atoms with Crippen molar-refractivity contribution in [2.75, 3.05) is 0 Å². The molecule has 1 aromatic heterocycles. The summed E-state index contributed by atoms with van der Waals surface area (Å²) >= 11 is 0. The highest BCUT2D eigenvalue weighted by Gasteiger charge is 2.39. The fourth-order valence-electron chi connectivity index (χ4n) is 3.41. The van der Waals surface area contributed by atoms with E-state index < -0.39 is 35.9 Å². The molecule has 192 valence electrons. The standard InChI is InChI=1S/C17H13N2.C8H3BF9/c18-11-15-6-2-4-8-17(15)13-19-10-9-14-5-1-3-7-16(14)12-19;10-7(11,12)4-1-5(8(13,14)15)3-6(2-4)9(16,17)18/h1-10,12H,13H2;1-3H/q+1;-1. The van der Waals surface area contributed by atoms with Gasteiger partial charge >= 0.3 is 19.3 Å². The Morgan fingerprint density at radius 1 is 0.730 bits per heavy atom. The second-order valence-corrected chi connectivity index (χ2v) is 7.93. The number of halogens is 9. The average molecular weight is 526 g/mol. The second-order valence-electron chi connectivity index (χ2n) is 7.93. The highest BCUT2D eigenvalue weighted by atomic mass is 19.4. The zero-order chi connectivity index (χ0) is 27.4. The van der Waals surface area contributed by atoms with Crippen LogP contribution < -0.4 is 10.0 Å². The Morgan fingerprint density at radius 2 is 1.27 bits per heavy atom. The molecule has 0 aliphatic carbocycles. The molecule has 0 radical (unpaired) electrons. The zero-order valence-corrected chi connectivity index (χ0v) is 18.7. The van der Waals surface area contributed by atoms with Crippen LogP contribution in [0.25, 0.3) is 10.8 Å². The van der Waals surface area contributed by atoms with Crippen molar-refractivity contribution in [2.45, 2.75) is 18.9 Å². The fraction of sp³-hybridized carbons (Fsp3) is 0.120. The molecule has 0 atom stereocenters. The Hall–Kier alpha value is -4.01. The largest absolute Gasteiger partial charge is 0.509 e. The van der Waals surface area contributed by atoms with Gasteiger partial charge in [0.05, 0.1) is 22.8 Å². The summed E-state index contributed by atoms with van der Waals surface area (Å²) in [6.45, 7) is -5.23. The molecule has 37 heavy (non-hydrogen) atoms. The van der Waals surface area contributed by atoms with Crippen molar-refractivity contribution in [3.63, 3.8) is 0 Å². The first kappa shape index (κ1) is 27.6. The minimum Gasteiger partial charge on any atom is -0.445 e. The number of hydrogen-bond acceptors (Lipinski definition) is 1. The van der Waals surface area contributed by atoms with E-state index in [1.165, 1.54) is 10.8 Å². The summed E-state index contributed by atoms with van der Waals surface area (Å²) in [6, 6.07) is 19.3. The van der Waals surface area contributed by atoms with Crippen LogP contribution in [0.4, 0.5) is 39.3 Å². The lowest BCUT2D eigenvalue weighted by atomic mass is 9.78. The molecule has 4 rings (SSSR count). The number of fused-ring (bicyclic) bond motifs is 1. The van der Waals surface area contributed by atoms with E-state index in [0.29, 0.717) is 6.54 Å². The number of pyridine rings is 1. The lowest BCUT2D eigenvalue weighted by Crippen LogP contribution is -2.36. The summed E-state index contributed by atoms with van der Waals surface area (Å²) < 4.78 is 112. The van der Waals surface area contributed by atoms with Gasteiger partial charge in [0, 0.05) is 17.0 Å². The molecular weight excluding hydrogens is 510 g/mol. The highest BCUT2D eigenvalue weighted by Crippen LogP contribution is 2.35. The van der Waals surface area contributed by atoms with Crippen LogP contribution in [0.5, 0.6) is 0 Å². The molecular formula is C25H16BF9N2. The third-order valence-corrected chi connectivity index (χ3v) is 5.23. The van der Waals surface area contributed by atoms with E-state index in [1.54, 1.807) is 0 Å². The number of alkyl halides is 6. The van der Waals surface area contributed by atoms with Crippen molar-refractivity contribution in [2.24, 2.45) is 0 Å². The van der Waals surface area contributed by atoms with Crippen LogP contribution in [0.2, 0.25) is 0 Å². The molecule has 2 nitrogen and oxygen atoms in total. The number of nitriles is 1. The highest BCUT2D eigenvalue weighted by molar-refractivity contribution is 6.73. The summed E-state index contributed by atoms with van der Waals surface area (Å²) in [5.41, 5.74) is -4.11. The van der Waals surface area contributed by atoms with E-state index in [4.69, 9.17) is 5.26 Å². The first-order valence-electron chi connectivity index (χ1n) is 10.5. The van der Waals surface area contributed by atoms with E-state index in [-0.39, 0.29) is 18.2 Å². The fourth-order valence-corrected chi connectivity index (χ4v) is 3.41. The number of nitrogens with zero attached hydrogens (tertiary/aromatic N) is 2. The first-order valence-corrected chi connectivity index (χ1v) is 10.5. The van der Waals surface area contributed by atoms with Gasteiger partial charge in [0.15, 0.2) is 18.9 Å². The van der Waals surface area contributed by atoms with Crippen molar-refractivity contribution in [1.82, 2.24) is 0 Å². The smallest absolute Gasteiger partial charge is 0.445 e. The molecule has 4 aromatic rings. The van der Waals surface area contributed by atoms with Gasteiger partial charge in [0.1, 0.15) is 0 Å². The minimum absolute atomic E-state index is 0.338. The van der Waals surface area contributed by atoms with Gasteiger partial charge in [-0.05, 0) is 23.6 Å². The van der Waals surface area contributed by atoms with Crippen LogP contribution >= 0.6 is 0 Å². The van der Waals surface area contributed by atoms with E-state index >= 15 is 0 Å². The van der Waals surface area contributed by atoms with E-state index in [0.717, 1.165) is 11.1 Å². The molecule has 0 bridgehead atoms. The molecule has 0 saturated heterocycles. The molecule has 0 aliphatic heterocycles. The predicted octanol–water partition coefficient (Wildman–Crippen LogP) is 6.83. The van der Waals surface area contributed by atoms with Crippen LogP contribution in [-0.2, 0) is 18.9 Å². The van der Waals surface area contributed by atoms with Crippen LogP contribution in [-0.4, -0.2) is 6.98 Å². The molecule has 0 N–H and O–H groups in total. The van der Waals surface area contributed by atoms with Gasteiger partial charge in [-0.1, -0.05) is 48.5 Å². The Labute approximate surface area is 205 Å². The Bertz CT molecular complexity index is 1360. The lowest BCUT2D eigenvalue weighted by Gasteiger charge is -2.19. The Morgan fingerprint density at radius 3 is 1.81 bits per heavy atom. The molecule has 0 saturated carbocycles. The SMILES string of the molecule is F[B-](F)(F)c1cc(C(F)(F)F)cc(C(F)(F)F)c1.N#Cc1ccccc1C[n+]1ccc2ccccc2c1. The summed E-state index contributed by atoms with van der Waals surface area (Å²) in [7, 11) is 0. The minimum atomic E-state index is -5.95. The summed E-state index contributed by atoms with van der Waals surface area (Å²) in [4.78, 5) is 0. The third kappa shape index (κ3) is 7.25. The van der Waals surface area contributed by atoms with Crippen molar-refractivity contribution >= 4 is 23.2 Å². The number of rotatable bonds is 3. The third-order valence-electron chi connectivity index (χ3n) is 5.23. The summed E-state index contributed by atoms with van der Waals surface area (Å²) in [5.74, 6) is 0. The Balaban J connectivity index is 0.000000206. The Kier molecular flexibility index (Phi) is 7.86. The van der Waals surface area contributed by atoms with Gasteiger partial charge in [-0.15, -0.1) is 5.46 Å². The quantitative estimate of drug-likeness (QED) is 0.164. The first-order chi connectivity index (χ1) is 17.2. The maximum Gasteiger partial charge on any atom is 0.509 e. The van der Waals surface area contributed by atoms with Crippen LogP contribution in [0.3, 0.4) is 0 Å². The predicted molar refractivity (Wildman–Crippen MR) is 120 cm³/mol. The van der Waals surface area contributed by atoms with E-state index in [2.05, 4.69) is 41.2 Å². The maximum absolute atomic E-state index is 12.3. The van der Waals surface area contributed by atoms with Crippen molar-refractivity contribution in [3.8, 4) is 6.07 Å². The van der Waals surface area contributed by atoms with Gasteiger partial charge in [-0.25, -0.2) is 4.57 Å². The van der Waals surface area contributed by atoms with E-state index in [9.17, 15) is 39.3 Å². The molecule has 1 heterocycles. The number of benzene rings is 3. The van der Waals surface area contributed by atoms with Crippen molar-refractivity contribution in [1.29, 1.82) is 5.26 Å². The normalized spacial score (nSPS) is 12.0. The van der Waals surface area contributed by atoms with Gasteiger partial charge in [0.25, 0.3) is 0 Å². The second kappa shape index (κ2) is 10.5. The van der Waals surface area contributed by atoms with Gasteiger partial charge < -0.3 is 12.9 Å². The van der Waals surface area contributed by atoms with Gasteiger partial charge in [-0.3, -0.25) is 0 Å². The summed E-state index contributed by atoms with van der Waals surface area (Å²) in [6.07, 6.45) is -6.39. The van der Waals surface area contributed by atoms with Crippen LogP contribution in [0, 0.1) is 11.3 Å². The molecule has 0 fully saturated rings. The lowest BCUT2D eigenvalue weighted by molar-refractivity contribution is -0.687. The molecule has 0 unspecified atom stereocenters. The number of hydrogen-bond donors (Lipinski definition) is 0. The molecule has 0 aliphatic rings. The summed E-state index contributed by atoms with van der Waals surface area (Å²) in [5, 5.41) is 11.5. The topological polar surface area (TPSA) is 27.7 Å². The average Bonchev–Trinajstić information content (AvgIpc) is 2.83. The zero-order valence-electron chi connectivity index (χ0n) is 18.7. The van der Waals surface area contributed by atoms with Crippen LogP contribution in [0.1, 0.15) is 22.3 Å². The van der Waals surface area contributed by atoms with Crippen molar-refractivity contribution in [3.05, 3.63) is 107 Å². The molecule has 12 heteroatoms. The van der Waals surface area contributed by atoms with Gasteiger partial charge in [0.2, 0.25) is 0 Å². The van der Waals surface area contributed by atoms with Gasteiger partial charge in [-0.2, -0.15) is 31.6 Å². The molecule has 0 spiro atoms. The number of aromatic nitrogens is 1. The maximum atomic E-state index is 12.3. The monoisotopic (exact) mass is 526 g/mol. The molecule has 3 aromatic carbocycles. The molecule has 0 amide bonds.